The summed E-state index contributed by atoms with van der Waals surface area (Å²) in [5, 5.41) is 19.6. The number of hydrogen-bond acceptors (Lipinski definition) is 3. The summed E-state index contributed by atoms with van der Waals surface area (Å²) in [6, 6.07) is 0. The maximum Gasteiger partial charge on any atom is 0.0456 e. The highest BCUT2D eigenvalue weighted by atomic mass is 16.3. The van der Waals surface area contributed by atoms with Crippen LogP contribution in [0.25, 0.3) is 0 Å². The van der Waals surface area contributed by atoms with Crippen LogP contribution in [0.1, 0.15) is 19.8 Å². The van der Waals surface area contributed by atoms with E-state index in [2.05, 4.69) is 5.32 Å². The van der Waals surface area contributed by atoms with Gasteiger partial charge in [-0.05, 0) is 32.9 Å². The van der Waals surface area contributed by atoms with Crippen molar-refractivity contribution >= 4 is 0 Å². The summed E-state index contributed by atoms with van der Waals surface area (Å²) >= 11 is 0. The van der Waals surface area contributed by atoms with Gasteiger partial charge in [0, 0.05) is 13.2 Å². The minimum atomic E-state index is 0.236. The first-order valence-electron chi connectivity index (χ1n) is 4.03. The zero-order valence-electron chi connectivity index (χ0n) is 7.80. The second kappa shape index (κ2) is 12.5. The molecule has 0 aromatic carbocycles. The van der Waals surface area contributed by atoms with Crippen molar-refractivity contribution in [3.63, 3.8) is 0 Å². The van der Waals surface area contributed by atoms with Crippen molar-refractivity contribution in [1.82, 2.24) is 5.32 Å². The fourth-order valence-corrected chi connectivity index (χ4v) is 0.531. The van der Waals surface area contributed by atoms with Crippen molar-refractivity contribution in [2.24, 2.45) is 5.92 Å². The number of aliphatic hydroxyl groups is 2. The molecule has 0 heterocycles. The van der Waals surface area contributed by atoms with Crippen molar-refractivity contribution in [1.29, 1.82) is 0 Å². The van der Waals surface area contributed by atoms with E-state index in [9.17, 15) is 0 Å². The summed E-state index contributed by atoms with van der Waals surface area (Å²) in [5.41, 5.74) is 0. The maximum absolute atomic E-state index is 8.48. The van der Waals surface area contributed by atoms with E-state index in [1.165, 1.54) is 0 Å². The van der Waals surface area contributed by atoms with Gasteiger partial charge in [0.25, 0.3) is 0 Å². The third kappa shape index (κ3) is 17.7. The quantitative estimate of drug-likeness (QED) is 0.556. The molecule has 3 nitrogen and oxygen atoms in total. The van der Waals surface area contributed by atoms with Crippen molar-refractivity contribution in [3.05, 3.63) is 0 Å². The molecule has 0 aliphatic carbocycles. The van der Waals surface area contributed by atoms with E-state index in [4.69, 9.17) is 10.2 Å². The smallest absolute Gasteiger partial charge is 0.0456 e. The molecule has 0 aliphatic rings. The summed E-state index contributed by atoms with van der Waals surface area (Å²) < 4.78 is 0. The van der Waals surface area contributed by atoms with Crippen LogP contribution in [0, 0.1) is 5.92 Å². The van der Waals surface area contributed by atoms with Crippen molar-refractivity contribution in [2.75, 3.05) is 27.3 Å². The van der Waals surface area contributed by atoms with E-state index in [0.717, 1.165) is 12.8 Å². The summed E-state index contributed by atoms with van der Waals surface area (Å²) in [5.74, 6) is 0.349. The number of rotatable bonds is 4. The number of nitrogens with one attached hydrogen (secondary N) is 1. The molecule has 11 heavy (non-hydrogen) atoms. The lowest BCUT2D eigenvalue weighted by atomic mass is 10.1. The van der Waals surface area contributed by atoms with E-state index in [1.54, 1.807) is 0 Å². The Morgan fingerprint density at radius 1 is 1.27 bits per heavy atom. The summed E-state index contributed by atoms with van der Waals surface area (Å²) in [6.45, 7) is 2.44. The zero-order chi connectivity index (χ0) is 9.11. The first-order valence-corrected chi connectivity index (χ1v) is 4.03. The molecule has 0 spiro atoms. The molecule has 1 atom stereocenters. The first kappa shape index (κ1) is 13.5. The van der Waals surface area contributed by atoms with E-state index in [0.29, 0.717) is 5.92 Å². The Hall–Kier alpha value is -0.120. The van der Waals surface area contributed by atoms with Crippen LogP contribution in [0.4, 0.5) is 0 Å². The molecule has 0 aromatic rings. The monoisotopic (exact) mass is 163 g/mol. The van der Waals surface area contributed by atoms with Crippen molar-refractivity contribution in [3.8, 4) is 0 Å². The molecule has 0 saturated carbocycles. The first-order chi connectivity index (χ1) is 5.22. The largest absolute Gasteiger partial charge is 0.396 e. The van der Waals surface area contributed by atoms with Gasteiger partial charge in [-0.25, -0.2) is 0 Å². The van der Waals surface area contributed by atoms with Gasteiger partial charge in [0.05, 0.1) is 0 Å². The van der Waals surface area contributed by atoms with Crippen molar-refractivity contribution < 1.29 is 10.2 Å². The number of hydrogen-bond donors (Lipinski definition) is 3. The molecule has 0 saturated heterocycles. The molecule has 0 fully saturated rings. The molecule has 3 heteroatoms. The lowest BCUT2D eigenvalue weighted by Gasteiger charge is -2.03. The molecular weight excluding hydrogens is 142 g/mol. The minimum absolute atomic E-state index is 0.236. The van der Waals surface area contributed by atoms with Gasteiger partial charge in [0.2, 0.25) is 0 Å². The van der Waals surface area contributed by atoms with Crippen LogP contribution in [0.15, 0.2) is 0 Å². The number of aliphatic hydroxyl groups excluding tert-OH is 2. The Bertz CT molecular complexity index is 60.1. The van der Waals surface area contributed by atoms with E-state index in [1.807, 2.05) is 21.0 Å². The third-order valence-electron chi connectivity index (χ3n) is 1.17. The summed E-state index contributed by atoms with van der Waals surface area (Å²) in [4.78, 5) is 0. The molecule has 0 amide bonds. The standard InChI is InChI=1S/C6H14O2.C2H7N/c1-6(5-8)3-2-4-7;1-3-2/h6-8H,2-5H2,1H3;3H,1-2H3. The Labute approximate surface area is 69.4 Å². The SMILES string of the molecule is CC(CO)CCCO.CNC. The van der Waals surface area contributed by atoms with Gasteiger partial charge < -0.3 is 15.5 Å². The van der Waals surface area contributed by atoms with Gasteiger partial charge in [0.1, 0.15) is 0 Å². The van der Waals surface area contributed by atoms with Crippen LogP contribution < -0.4 is 5.32 Å². The fraction of sp³-hybridized carbons (Fsp3) is 1.00. The molecular formula is C8H21NO2. The molecule has 0 radical (unpaired) electrons. The normalized spacial score (nSPS) is 11.7. The summed E-state index contributed by atoms with van der Waals surface area (Å²) in [7, 11) is 3.75. The van der Waals surface area contributed by atoms with Crippen LogP contribution in [0.5, 0.6) is 0 Å². The minimum Gasteiger partial charge on any atom is -0.396 e. The molecule has 0 aliphatic heterocycles. The van der Waals surface area contributed by atoms with E-state index in [-0.39, 0.29) is 13.2 Å². The molecule has 0 bridgehead atoms. The predicted octanol–water partition coefficient (Wildman–Crippen LogP) is 0.223. The van der Waals surface area contributed by atoms with Crippen LogP contribution in [-0.4, -0.2) is 37.5 Å². The Kier molecular flexibility index (Phi) is 15.4. The van der Waals surface area contributed by atoms with Gasteiger partial charge in [0.15, 0.2) is 0 Å². The second-order valence-corrected chi connectivity index (χ2v) is 2.65. The van der Waals surface area contributed by atoms with Gasteiger partial charge >= 0.3 is 0 Å². The van der Waals surface area contributed by atoms with Gasteiger partial charge in [-0.15, -0.1) is 0 Å². The van der Waals surface area contributed by atoms with Crippen LogP contribution in [0.2, 0.25) is 0 Å². The van der Waals surface area contributed by atoms with Gasteiger partial charge in [-0.1, -0.05) is 6.92 Å². The van der Waals surface area contributed by atoms with Crippen LogP contribution in [0.3, 0.4) is 0 Å². The zero-order valence-corrected chi connectivity index (χ0v) is 7.80. The topological polar surface area (TPSA) is 52.5 Å². The fourth-order valence-electron chi connectivity index (χ4n) is 0.531. The van der Waals surface area contributed by atoms with Gasteiger partial charge in [-0.3, -0.25) is 0 Å². The molecule has 70 valence electrons. The van der Waals surface area contributed by atoms with Crippen molar-refractivity contribution in [2.45, 2.75) is 19.8 Å². The van der Waals surface area contributed by atoms with E-state index < -0.39 is 0 Å². The molecule has 0 rings (SSSR count). The third-order valence-corrected chi connectivity index (χ3v) is 1.17. The average Bonchev–Trinajstić information content (AvgIpc) is 2.02. The Morgan fingerprint density at radius 2 is 1.73 bits per heavy atom. The van der Waals surface area contributed by atoms with Crippen LogP contribution in [-0.2, 0) is 0 Å². The van der Waals surface area contributed by atoms with E-state index >= 15 is 0 Å². The molecule has 0 aromatic heterocycles. The highest BCUT2D eigenvalue weighted by Crippen LogP contribution is 2.01. The lowest BCUT2D eigenvalue weighted by Crippen LogP contribution is -2.00. The maximum atomic E-state index is 8.48. The molecule has 3 N–H and O–H groups in total. The second-order valence-electron chi connectivity index (χ2n) is 2.65. The Balaban J connectivity index is 0. The average molecular weight is 163 g/mol. The Morgan fingerprint density at radius 3 is 2.00 bits per heavy atom. The van der Waals surface area contributed by atoms with Crippen LogP contribution >= 0.6 is 0 Å². The molecule has 1 unspecified atom stereocenters. The lowest BCUT2D eigenvalue weighted by molar-refractivity contribution is 0.212. The predicted molar refractivity (Wildman–Crippen MR) is 47.6 cm³/mol. The highest BCUT2D eigenvalue weighted by molar-refractivity contribution is 4.48. The highest BCUT2D eigenvalue weighted by Gasteiger charge is 1.96. The summed E-state index contributed by atoms with van der Waals surface area (Å²) in [6.07, 6.45) is 1.73. The van der Waals surface area contributed by atoms with Gasteiger partial charge in [-0.2, -0.15) is 0 Å².